The zero-order valence-corrected chi connectivity index (χ0v) is 9.80. The monoisotopic (exact) mass is 237 g/mol. The standard InChI is InChI=1S/C10H11N3O2S/c1-6-5-16-10(11-6)9-12-7(4-15-2)3-8(14)13-9/h3,5H,4H2,1-2H3,(H,12,13,14). The van der Waals surface area contributed by atoms with Crippen molar-refractivity contribution >= 4 is 11.3 Å². The van der Waals surface area contributed by atoms with Crippen LogP contribution in [0.3, 0.4) is 0 Å². The van der Waals surface area contributed by atoms with Gasteiger partial charge in [0.1, 0.15) is 0 Å². The second-order valence-electron chi connectivity index (χ2n) is 3.31. The molecule has 0 unspecified atom stereocenters. The lowest BCUT2D eigenvalue weighted by atomic mass is 10.4. The van der Waals surface area contributed by atoms with Gasteiger partial charge >= 0.3 is 0 Å². The number of ether oxygens (including phenoxy) is 1. The molecule has 1 N–H and O–H groups in total. The average molecular weight is 237 g/mol. The minimum Gasteiger partial charge on any atom is -0.378 e. The van der Waals surface area contributed by atoms with E-state index in [9.17, 15) is 4.79 Å². The third-order valence-corrected chi connectivity index (χ3v) is 2.88. The fourth-order valence-corrected chi connectivity index (χ4v) is 2.03. The van der Waals surface area contributed by atoms with Crippen molar-refractivity contribution in [2.45, 2.75) is 13.5 Å². The smallest absolute Gasteiger partial charge is 0.251 e. The second kappa shape index (κ2) is 4.54. The van der Waals surface area contributed by atoms with Crippen LogP contribution in [0, 0.1) is 6.92 Å². The molecule has 0 atom stereocenters. The normalized spacial score (nSPS) is 10.6. The number of nitrogens with zero attached hydrogens (tertiary/aromatic N) is 2. The predicted octanol–water partition coefficient (Wildman–Crippen LogP) is 1.35. The molecule has 0 amide bonds. The molecule has 0 aliphatic carbocycles. The first-order valence-electron chi connectivity index (χ1n) is 4.70. The predicted molar refractivity (Wildman–Crippen MR) is 61.4 cm³/mol. The highest BCUT2D eigenvalue weighted by Crippen LogP contribution is 2.18. The Balaban J connectivity index is 2.44. The molecule has 0 saturated carbocycles. The summed E-state index contributed by atoms with van der Waals surface area (Å²) in [7, 11) is 1.57. The summed E-state index contributed by atoms with van der Waals surface area (Å²) in [5.74, 6) is 0.498. The van der Waals surface area contributed by atoms with Crippen molar-refractivity contribution in [1.82, 2.24) is 15.0 Å². The quantitative estimate of drug-likeness (QED) is 0.875. The van der Waals surface area contributed by atoms with E-state index in [0.29, 0.717) is 23.1 Å². The second-order valence-corrected chi connectivity index (χ2v) is 4.17. The first kappa shape index (κ1) is 11.0. The van der Waals surface area contributed by atoms with E-state index in [-0.39, 0.29) is 5.56 Å². The third kappa shape index (κ3) is 2.34. The SMILES string of the molecule is COCc1cc(=O)[nH]c(-c2nc(C)cs2)n1. The van der Waals surface area contributed by atoms with Gasteiger partial charge in [0.05, 0.1) is 12.3 Å². The molecule has 16 heavy (non-hydrogen) atoms. The van der Waals surface area contributed by atoms with Crippen LogP contribution in [0.1, 0.15) is 11.4 Å². The van der Waals surface area contributed by atoms with Gasteiger partial charge in [-0.2, -0.15) is 0 Å². The molecule has 0 bridgehead atoms. The number of thiazole rings is 1. The van der Waals surface area contributed by atoms with Crippen LogP contribution in [-0.4, -0.2) is 22.1 Å². The molecule has 0 radical (unpaired) electrons. The van der Waals surface area contributed by atoms with Crippen LogP contribution in [0.4, 0.5) is 0 Å². The maximum atomic E-state index is 11.4. The van der Waals surface area contributed by atoms with Gasteiger partial charge in [0.15, 0.2) is 10.8 Å². The van der Waals surface area contributed by atoms with Gasteiger partial charge in [0.25, 0.3) is 5.56 Å². The van der Waals surface area contributed by atoms with Gasteiger partial charge in [0, 0.05) is 24.3 Å². The number of hydrogen-bond acceptors (Lipinski definition) is 5. The van der Waals surface area contributed by atoms with Gasteiger partial charge in [-0.3, -0.25) is 4.79 Å². The van der Waals surface area contributed by atoms with Crippen LogP contribution in [0.15, 0.2) is 16.2 Å². The topological polar surface area (TPSA) is 67.9 Å². The molecule has 0 saturated heterocycles. The van der Waals surface area contributed by atoms with Crippen molar-refractivity contribution in [2.24, 2.45) is 0 Å². The van der Waals surface area contributed by atoms with Gasteiger partial charge in [0.2, 0.25) is 0 Å². The van der Waals surface area contributed by atoms with E-state index in [1.165, 1.54) is 17.4 Å². The van der Waals surface area contributed by atoms with Crippen molar-refractivity contribution in [1.29, 1.82) is 0 Å². The van der Waals surface area contributed by atoms with Gasteiger partial charge in [-0.15, -0.1) is 11.3 Å². The maximum absolute atomic E-state index is 11.4. The number of aromatic nitrogens is 3. The summed E-state index contributed by atoms with van der Waals surface area (Å²) < 4.78 is 4.95. The number of hydrogen-bond donors (Lipinski definition) is 1. The molecule has 84 valence electrons. The van der Waals surface area contributed by atoms with Crippen molar-refractivity contribution < 1.29 is 4.74 Å². The summed E-state index contributed by atoms with van der Waals surface area (Å²) in [6.45, 7) is 2.22. The third-order valence-electron chi connectivity index (χ3n) is 1.91. The van der Waals surface area contributed by atoms with E-state index in [1.54, 1.807) is 7.11 Å². The molecule has 0 aliphatic rings. The Morgan fingerprint density at radius 3 is 2.94 bits per heavy atom. The van der Waals surface area contributed by atoms with Crippen LogP contribution in [0.2, 0.25) is 0 Å². The molecular formula is C10H11N3O2S. The summed E-state index contributed by atoms with van der Waals surface area (Å²) in [6, 6.07) is 1.42. The van der Waals surface area contributed by atoms with Crippen molar-refractivity contribution in [3.05, 3.63) is 33.2 Å². The fraction of sp³-hybridized carbons (Fsp3) is 0.300. The fourth-order valence-electron chi connectivity index (χ4n) is 1.29. The summed E-state index contributed by atoms with van der Waals surface area (Å²) >= 11 is 1.45. The van der Waals surface area contributed by atoms with Gasteiger partial charge in [-0.1, -0.05) is 0 Å². The number of rotatable bonds is 3. The van der Waals surface area contributed by atoms with Gasteiger partial charge < -0.3 is 9.72 Å². The Bertz CT molecular complexity index is 547. The number of aryl methyl sites for hydroxylation is 1. The Hall–Kier alpha value is -1.53. The van der Waals surface area contributed by atoms with Crippen molar-refractivity contribution in [2.75, 3.05) is 7.11 Å². The van der Waals surface area contributed by atoms with Crippen molar-refractivity contribution in [3.63, 3.8) is 0 Å². The Labute approximate surface area is 96.2 Å². The lowest BCUT2D eigenvalue weighted by molar-refractivity contribution is 0.181. The van der Waals surface area contributed by atoms with E-state index in [2.05, 4.69) is 15.0 Å². The molecule has 0 aromatic carbocycles. The number of H-pyrrole nitrogens is 1. The van der Waals surface area contributed by atoms with Crippen LogP contribution in [-0.2, 0) is 11.3 Å². The molecule has 2 aromatic rings. The Morgan fingerprint density at radius 1 is 1.50 bits per heavy atom. The largest absolute Gasteiger partial charge is 0.378 e. The van der Waals surface area contributed by atoms with Crippen LogP contribution in [0.5, 0.6) is 0 Å². The van der Waals surface area contributed by atoms with E-state index in [0.717, 1.165) is 5.69 Å². The van der Waals surface area contributed by atoms with E-state index < -0.39 is 0 Å². The molecule has 0 aliphatic heterocycles. The van der Waals surface area contributed by atoms with Crippen LogP contribution in [0.25, 0.3) is 10.8 Å². The maximum Gasteiger partial charge on any atom is 0.251 e. The average Bonchev–Trinajstić information content (AvgIpc) is 2.64. The van der Waals surface area contributed by atoms with E-state index in [4.69, 9.17) is 4.74 Å². The molecular weight excluding hydrogens is 226 g/mol. The summed E-state index contributed by atoms with van der Waals surface area (Å²) in [5.41, 5.74) is 1.33. The van der Waals surface area contributed by atoms with Crippen molar-refractivity contribution in [3.8, 4) is 10.8 Å². The number of nitrogens with one attached hydrogen (secondary N) is 1. The molecule has 2 rings (SSSR count). The van der Waals surface area contributed by atoms with Crippen LogP contribution >= 0.6 is 11.3 Å². The molecule has 5 nitrogen and oxygen atoms in total. The summed E-state index contributed by atoms with van der Waals surface area (Å²) in [4.78, 5) is 22.6. The number of methoxy groups -OCH3 is 1. The van der Waals surface area contributed by atoms with Crippen LogP contribution < -0.4 is 5.56 Å². The first-order valence-corrected chi connectivity index (χ1v) is 5.58. The lowest BCUT2D eigenvalue weighted by Crippen LogP contribution is -2.10. The zero-order chi connectivity index (χ0) is 11.5. The highest BCUT2D eigenvalue weighted by Gasteiger charge is 2.07. The molecule has 0 fully saturated rings. The zero-order valence-electron chi connectivity index (χ0n) is 8.98. The van der Waals surface area contributed by atoms with E-state index in [1.807, 2.05) is 12.3 Å². The minimum absolute atomic E-state index is 0.190. The molecule has 2 heterocycles. The highest BCUT2D eigenvalue weighted by molar-refractivity contribution is 7.13. The number of aromatic amines is 1. The van der Waals surface area contributed by atoms with Gasteiger partial charge in [-0.25, -0.2) is 9.97 Å². The van der Waals surface area contributed by atoms with E-state index >= 15 is 0 Å². The molecule has 2 aromatic heterocycles. The Kier molecular flexibility index (Phi) is 3.12. The van der Waals surface area contributed by atoms with Gasteiger partial charge in [-0.05, 0) is 6.92 Å². The highest BCUT2D eigenvalue weighted by atomic mass is 32.1. The molecule has 0 spiro atoms. The Morgan fingerprint density at radius 2 is 2.31 bits per heavy atom. The first-order chi connectivity index (χ1) is 7.69. The lowest BCUT2D eigenvalue weighted by Gasteiger charge is -2.00. The molecule has 6 heteroatoms. The summed E-state index contributed by atoms with van der Waals surface area (Å²) in [6.07, 6.45) is 0. The summed E-state index contributed by atoms with van der Waals surface area (Å²) in [5, 5.41) is 2.63. The minimum atomic E-state index is -0.190.